The third-order valence-electron chi connectivity index (χ3n) is 0. The van der Waals surface area contributed by atoms with Gasteiger partial charge in [0.05, 0.1) is 0 Å². The molecule has 4 heteroatoms. The Balaban J connectivity index is 0. The van der Waals surface area contributed by atoms with Crippen LogP contribution in [-0.4, -0.2) is 49.9 Å². The van der Waals surface area contributed by atoms with Crippen LogP contribution in [0, 0.1) is 0 Å². The first-order chi connectivity index (χ1) is 0. The van der Waals surface area contributed by atoms with Crippen molar-refractivity contribution in [1.29, 1.82) is 0 Å². The maximum atomic E-state index is 0. The fraction of sp³-hybridized carbons (Fsp3) is 0. The second-order valence-corrected chi connectivity index (χ2v) is 0. The van der Waals surface area contributed by atoms with Crippen molar-refractivity contribution in [2.45, 2.75) is 0 Å². The van der Waals surface area contributed by atoms with E-state index in [4.69, 9.17) is 0 Å². The van der Waals surface area contributed by atoms with Gasteiger partial charge < -0.3 is 0 Å². The predicted octanol–water partition coefficient (Wildman–Crippen LogP) is -2.11. The third-order valence-corrected chi connectivity index (χ3v) is 0. The molecular weight excluding hydrogens is 551 g/mol. The molecule has 0 unspecified atom stereocenters. The normalized spacial score (nSPS) is 0. The van der Waals surface area contributed by atoms with E-state index >= 15 is 0 Å². The van der Waals surface area contributed by atoms with Crippen LogP contribution >= 0.6 is 0 Å². The van der Waals surface area contributed by atoms with Crippen molar-refractivity contribution in [3.8, 4) is 0 Å². The van der Waals surface area contributed by atoms with Gasteiger partial charge in [0.15, 0.2) is 0 Å². The van der Waals surface area contributed by atoms with E-state index in [1.165, 1.54) is 0 Å². The molecule has 0 N–H and O–H groups in total. The van der Waals surface area contributed by atoms with Gasteiger partial charge in [-0.15, -0.1) is 0 Å². The summed E-state index contributed by atoms with van der Waals surface area (Å²) >= 11 is 0. The van der Waals surface area contributed by atoms with Gasteiger partial charge in [0.1, 0.15) is 0 Å². The van der Waals surface area contributed by atoms with Crippen molar-refractivity contribution in [3.05, 3.63) is 0 Å². The molecule has 0 heterocycles. The molecule has 0 aromatic carbocycles. The van der Waals surface area contributed by atoms with Crippen LogP contribution in [0.25, 0.3) is 0 Å². The molecule has 37 valence electrons. The first kappa shape index (κ1) is 27.6. The summed E-state index contributed by atoms with van der Waals surface area (Å²) in [6, 6.07) is 0. The van der Waals surface area contributed by atoms with Gasteiger partial charge in [-0.1, -0.05) is 0 Å². The molecule has 0 spiro atoms. The van der Waals surface area contributed by atoms with Gasteiger partial charge >= 0.3 is 49.9 Å². The Morgan fingerprint density at radius 2 is 1.00 bits per heavy atom. The molecule has 0 nitrogen and oxygen atoms in total. The first-order valence-electron chi connectivity index (χ1n) is 0. The van der Waals surface area contributed by atoms with Crippen molar-refractivity contribution in [2.24, 2.45) is 0 Å². The summed E-state index contributed by atoms with van der Waals surface area (Å²) in [4.78, 5) is 0. The quantitative estimate of drug-likeness (QED) is 0.301. The van der Waals surface area contributed by atoms with Gasteiger partial charge in [0.2, 0.25) is 0 Å². The molecule has 0 aromatic rings. The average molecular weight is 556 g/mol. The van der Waals surface area contributed by atoms with Crippen molar-refractivity contribution >= 4 is 49.9 Å². The van der Waals surface area contributed by atoms with Gasteiger partial charge in [-0.25, -0.2) is 0 Å². The molecule has 0 bridgehead atoms. The molecule has 0 saturated carbocycles. The standard InChI is InChI=1S/Ag.Bi.Pd.H2Te.3H/h;;;1H2;;;. The molecule has 0 aromatic heterocycles. The zero-order chi connectivity index (χ0) is 0. The van der Waals surface area contributed by atoms with Crippen LogP contribution in [0.3, 0.4) is 0 Å². The van der Waals surface area contributed by atoms with Gasteiger partial charge in [-0.3, -0.25) is 0 Å². The predicted molar refractivity (Wildman–Crippen MR) is 18.5 cm³/mol. The second-order valence-electron chi connectivity index (χ2n) is 0. The zero-order valence-corrected chi connectivity index (χ0v) is 13.2. The molecule has 0 rings (SSSR count). The summed E-state index contributed by atoms with van der Waals surface area (Å²) in [5.74, 6) is 0. The molecule has 1 radical (unpaired) electrons. The molecule has 0 atom stereocenters. The molecular formula is H5AgBiPdTe. The Morgan fingerprint density at radius 1 is 1.00 bits per heavy atom. The number of rotatable bonds is 0. The average Bonchev–Trinajstić information content (AvgIpc) is 0. The van der Waals surface area contributed by atoms with Crippen LogP contribution in [0.4, 0.5) is 0 Å². The van der Waals surface area contributed by atoms with Crippen molar-refractivity contribution < 1.29 is 42.8 Å². The van der Waals surface area contributed by atoms with Crippen molar-refractivity contribution in [1.82, 2.24) is 0 Å². The van der Waals surface area contributed by atoms with Crippen molar-refractivity contribution in [2.75, 3.05) is 0 Å². The van der Waals surface area contributed by atoms with Gasteiger partial charge in [-0.05, 0) is 0 Å². The second kappa shape index (κ2) is 16.5. The Hall–Kier alpha value is 3.08. The Labute approximate surface area is 90.9 Å². The minimum atomic E-state index is 0. The van der Waals surface area contributed by atoms with E-state index in [1.807, 2.05) is 0 Å². The maximum absolute atomic E-state index is 0. The van der Waals surface area contributed by atoms with Crippen LogP contribution in [0.1, 0.15) is 0 Å². The summed E-state index contributed by atoms with van der Waals surface area (Å²) in [5.41, 5.74) is 0. The van der Waals surface area contributed by atoms with Gasteiger partial charge in [0, 0.05) is 42.8 Å². The van der Waals surface area contributed by atoms with Crippen molar-refractivity contribution in [3.63, 3.8) is 0 Å². The fourth-order valence-corrected chi connectivity index (χ4v) is 0. The number of hydrogen-bond acceptors (Lipinski definition) is 0. The summed E-state index contributed by atoms with van der Waals surface area (Å²) in [5, 5.41) is 0. The SMILES string of the molecule is [Ag].[BiH3].[Pd].[TeH2]. The summed E-state index contributed by atoms with van der Waals surface area (Å²) in [6.07, 6.45) is 0. The Bertz CT molecular complexity index is 8.00. The van der Waals surface area contributed by atoms with Crippen LogP contribution in [0.15, 0.2) is 0 Å². The topological polar surface area (TPSA) is 0 Å². The van der Waals surface area contributed by atoms with Gasteiger partial charge in [0.25, 0.3) is 0 Å². The number of hydrogen-bond donors (Lipinski definition) is 0. The van der Waals surface area contributed by atoms with Crippen LogP contribution < -0.4 is 0 Å². The van der Waals surface area contributed by atoms with E-state index in [2.05, 4.69) is 0 Å². The Kier molecular flexibility index (Phi) is 114. The summed E-state index contributed by atoms with van der Waals surface area (Å²) in [6.45, 7) is 0. The van der Waals surface area contributed by atoms with E-state index in [1.54, 1.807) is 0 Å². The van der Waals surface area contributed by atoms with Crippen LogP contribution in [0.5, 0.6) is 0 Å². The molecule has 0 aliphatic carbocycles. The van der Waals surface area contributed by atoms with Gasteiger partial charge in [-0.2, -0.15) is 0 Å². The van der Waals surface area contributed by atoms with E-state index in [-0.39, 0.29) is 92.7 Å². The summed E-state index contributed by atoms with van der Waals surface area (Å²) in [7, 11) is 0. The molecule has 0 amide bonds. The summed E-state index contributed by atoms with van der Waals surface area (Å²) < 4.78 is 0. The Morgan fingerprint density at radius 3 is 1.00 bits per heavy atom. The molecule has 0 aliphatic rings. The van der Waals surface area contributed by atoms with Crippen LogP contribution in [-0.2, 0) is 42.8 Å². The zero-order valence-electron chi connectivity index (χ0n) is 1.82. The van der Waals surface area contributed by atoms with E-state index in [9.17, 15) is 0 Å². The molecule has 0 saturated heterocycles. The monoisotopic (exact) mass is 557 g/mol. The van der Waals surface area contributed by atoms with E-state index in [0.717, 1.165) is 0 Å². The minimum absolute atomic E-state index is 0. The molecule has 0 aliphatic heterocycles. The molecule has 0 fully saturated rings. The first-order valence-corrected chi connectivity index (χ1v) is 0. The third kappa shape index (κ3) is 8.91. The van der Waals surface area contributed by atoms with E-state index in [0.29, 0.717) is 0 Å². The van der Waals surface area contributed by atoms with Crippen LogP contribution in [0.2, 0.25) is 0 Å². The fourth-order valence-electron chi connectivity index (χ4n) is 0. The van der Waals surface area contributed by atoms with E-state index < -0.39 is 0 Å². The molecule has 4 heavy (non-hydrogen) atoms.